The number of nitrogens with zero attached hydrogens (tertiary/aromatic N) is 1. The van der Waals surface area contributed by atoms with E-state index in [1.165, 1.54) is 5.69 Å². The van der Waals surface area contributed by atoms with Crippen LogP contribution in [0.4, 0.5) is 0 Å². The predicted molar refractivity (Wildman–Crippen MR) is 71.1 cm³/mol. The van der Waals surface area contributed by atoms with Crippen molar-refractivity contribution in [3.63, 3.8) is 0 Å². The Morgan fingerprint density at radius 2 is 2.12 bits per heavy atom. The van der Waals surface area contributed by atoms with Gasteiger partial charge in [0.2, 0.25) is 0 Å². The van der Waals surface area contributed by atoms with E-state index in [1.54, 1.807) is 11.3 Å². The largest absolute Gasteiger partial charge is 0.317 e. The zero-order valence-corrected chi connectivity index (χ0v) is 11.4. The molecule has 0 aliphatic carbocycles. The van der Waals surface area contributed by atoms with Crippen LogP contribution in [-0.2, 0) is 6.42 Å². The van der Waals surface area contributed by atoms with Gasteiger partial charge >= 0.3 is 0 Å². The van der Waals surface area contributed by atoms with E-state index in [0.717, 1.165) is 37.6 Å². The van der Waals surface area contributed by atoms with Gasteiger partial charge in [-0.25, -0.2) is 4.98 Å². The van der Waals surface area contributed by atoms with Crippen molar-refractivity contribution < 1.29 is 0 Å². The van der Waals surface area contributed by atoms with E-state index in [1.807, 2.05) is 0 Å². The van der Waals surface area contributed by atoms with Crippen LogP contribution in [0.5, 0.6) is 0 Å². The minimum atomic E-state index is 0.692. The highest BCUT2D eigenvalue weighted by Gasteiger charge is 2.01. The molecule has 4 heteroatoms. The van der Waals surface area contributed by atoms with Crippen molar-refractivity contribution in [1.29, 1.82) is 0 Å². The molecule has 0 fully saturated rings. The van der Waals surface area contributed by atoms with Crippen molar-refractivity contribution in [1.82, 2.24) is 15.6 Å². The number of nitrogens with one attached hydrogen (secondary N) is 2. The molecule has 0 aliphatic rings. The molecule has 1 aromatic heterocycles. The van der Waals surface area contributed by atoms with Crippen molar-refractivity contribution in [3.8, 4) is 0 Å². The second kappa shape index (κ2) is 7.76. The molecule has 0 bridgehead atoms. The average Bonchev–Trinajstić information content (AvgIpc) is 2.67. The molecule has 16 heavy (non-hydrogen) atoms. The summed E-state index contributed by atoms with van der Waals surface area (Å²) >= 11 is 1.73. The SMILES string of the molecule is CCNCC(C)CNCCc1csc(C)n1. The molecule has 1 aromatic rings. The third-order valence-corrected chi connectivity index (χ3v) is 3.28. The van der Waals surface area contributed by atoms with Gasteiger partial charge in [0, 0.05) is 18.3 Å². The highest BCUT2D eigenvalue weighted by Crippen LogP contribution is 2.07. The molecule has 1 unspecified atom stereocenters. The van der Waals surface area contributed by atoms with Crippen LogP contribution in [0, 0.1) is 12.8 Å². The van der Waals surface area contributed by atoms with Gasteiger partial charge in [-0.05, 0) is 32.5 Å². The van der Waals surface area contributed by atoms with Crippen LogP contribution < -0.4 is 10.6 Å². The summed E-state index contributed by atoms with van der Waals surface area (Å²) in [6, 6.07) is 0. The minimum Gasteiger partial charge on any atom is -0.317 e. The Morgan fingerprint density at radius 1 is 1.38 bits per heavy atom. The number of thiazole rings is 1. The van der Waals surface area contributed by atoms with E-state index in [2.05, 4.69) is 41.8 Å². The molecule has 1 rings (SSSR count). The number of rotatable bonds is 8. The van der Waals surface area contributed by atoms with E-state index in [-0.39, 0.29) is 0 Å². The molecule has 0 aliphatic heterocycles. The summed E-state index contributed by atoms with van der Waals surface area (Å²) in [4.78, 5) is 4.44. The smallest absolute Gasteiger partial charge is 0.0897 e. The van der Waals surface area contributed by atoms with E-state index < -0.39 is 0 Å². The van der Waals surface area contributed by atoms with Gasteiger partial charge in [0.1, 0.15) is 0 Å². The first-order valence-corrected chi connectivity index (χ1v) is 6.92. The van der Waals surface area contributed by atoms with Crippen LogP contribution in [-0.4, -0.2) is 31.2 Å². The molecular weight excluding hydrogens is 218 g/mol. The summed E-state index contributed by atoms with van der Waals surface area (Å²) in [5.74, 6) is 0.692. The van der Waals surface area contributed by atoms with Crippen molar-refractivity contribution in [2.45, 2.75) is 27.2 Å². The van der Waals surface area contributed by atoms with Crippen LogP contribution in [0.2, 0.25) is 0 Å². The molecule has 0 saturated heterocycles. The zero-order chi connectivity index (χ0) is 11.8. The quantitative estimate of drug-likeness (QED) is 0.682. The van der Waals surface area contributed by atoms with Crippen LogP contribution in [0.15, 0.2) is 5.38 Å². The van der Waals surface area contributed by atoms with Gasteiger partial charge in [-0.3, -0.25) is 0 Å². The second-order valence-electron chi connectivity index (χ2n) is 4.22. The summed E-state index contributed by atoms with van der Waals surface area (Å²) in [5, 5.41) is 10.2. The molecule has 0 aromatic carbocycles. The Bertz CT molecular complexity index is 286. The lowest BCUT2D eigenvalue weighted by atomic mass is 10.2. The molecule has 3 nitrogen and oxygen atoms in total. The van der Waals surface area contributed by atoms with E-state index >= 15 is 0 Å². The van der Waals surface area contributed by atoms with Gasteiger partial charge in [0.25, 0.3) is 0 Å². The molecule has 0 saturated carbocycles. The summed E-state index contributed by atoms with van der Waals surface area (Å²) in [5.41, 5.74) is 1.22. The number of aromatic nitrogens is 1. The van der Waals surface area contributed by atoms with E-state index in [9.17, 15) is 0 Å². The van der Waals surface area contributed by atoms with Gasteiger partial charge in [-0.2, -0.15) is 0 Å². The van der Waals surface area contributed by atoms with Crippen LogP contribution in [0.25, 0.3) is 0 Å². The molecular formula is C12H23N3S. The standard InChI is InChI=1S/C12H23N3S/c1-4-13-7-10(2)8-14-6-5-12-9-16-11(3)15-12/h9-10,13-14H,4-8H2,1-3H3. The van der Waals surface area contributed by atoms with Gasteiger partial charge in [-0.1, -0.05) is 13.8 Å². The number of hydrogen-bond acceptors (Lipinski definition) is 4. The molecule has 92 valence electrons. The average molecular weight is 241 g/mol. The van der Waals surface area contributed by atoms with Crippen LogP contribution >= 0.6 is 11.3 Å². The van der Waals surface area contributed by atoms with Gasteiger partial charge in [0.05, 0.1) is 10.7 Å². The Balaban J connectivity index is 2.03. The molecule has 0 amide bonds. The lowest BCUT2D eigenvalue weighted by Crippen LogP contribution is -2.30. The second-order valence-corrected chi connectivity index (χ2v) is 5.29. The first-order chi connectivity index (χ1) is 7.72. The summed E-state index contributed by atoms with van der Waals surface area (Å²) < 4.78 is 0. The van der Waals surface area contributed by atoms with Gasteiger partial charge in [0.15, 0.2) is 0 Å². The third kappa shape index (κ3) is 5.58. The molecule has 2 N–H and O–H groups in total. The van der Waals surface area contributed by atoms with Crippen molar-refractivity contribution >= 4 is 11.3 Å². The highest BCUT2D eigenvalue weighted by molar-refractivity contribution is 7.09. The first-order valence-electron chi connectivity index (χ1n) is 6.04. The fourth-order valence-corrected chi connectivity index (χ4v) is 2.20. The van der Waals surface area contributed by atoms with Crippen molar-refractivity contribution in [2.24, 2.45) is 5.92 Å². The maximum absolute atomic E-state index is 4.44. The Hall–Kier alpha value is -0.450. The molecule has 1 atom stereocenters. The Morgan fingerprint density at radius 3 is 2.75 bits per heavy atom. The lowest BCUT2D eigenvalue weighted by Gasteiger charge is -2.12. The fourth-order valence-electron chi connectivity index (χ4n) is 1.55. The predicted octanol–water partition coefficient (Wildman–Crippen LogP) is 1.83. The van der Waals surface area contributed by atoms with E-state index in [0.29, 0.717) is 5.92 Å². The Kier molecular flexibility index (Phi) is 6.61. The number of hydrogen-bond donors (Lipinski definition) is 2. The monoisotopic (exact) mass is 241 g/mol. The Labute approximate surface area is 103 Å². The van der Waals surface area contributed by atoms with Crippen molar-refractivity contribution in [2.75, 3.05) is 26.2 Å². The van der Waals surface area contributed by atoms with Crippen LogP contribution in [0.1, 0.15) is 24.5 Å². The topological polar surface area (TPSA) is 37.0 Å². The summed E-state index contributed by atoms with van der Waals surface area (Å²) in [6.45, 7) is 10.7. The zero-order valence-electron chi connectivity index (χ0n) is 10.5. The highest BCUT2D eigenvalue weighted by atomic mass is 32.1. The summed E-state index contributed by atoms with van der Waals surface area (Å²) in [7, 11) is 0. The molecule has 0 spiro atoms. The normalized spacial score (nSPS) is 12.9. The maximum Gasteiger partial charge on any atom is 0.0897 e. The van der Waals surface area contributed by atoms with Gasteiger partial charge in [-0.15, -0.1) is 11.3 Å². The number of aryl methyl sites for hydroxylation is 1. The lowest BCUT2D eigenvalue weighted by molar-refractivity contribution is 0.480. The van der Waals surface area contributed by atoms with Crippen LogP contribution in [0.3, 0.4) is 0 Å². The van der Waals surface area contributed by atoms with Gasteiger partial charge < -0.3 is 10.6 Å². The fraction of sp³-hybridized carbons (Fsp3) is 0.750. The minimum absolute atomic E-state index is 0.692. The van der Waals surface area contributed by atoms with E-state index in [4.69, 9.17) is 0 Å². The van der Waals surface area contributed by atoms with Crippen molar-refractivity contribution in [3.05, 3.63) is 16.1 Å². The first kappa shape index (κ1) is 13.6. The summed E-state index contributed by atoms with van der Waals surface area (Å²) in [6.07, 6.45) is 1.04. The molecule has 0 radical (unpaired) electrons. The maximum atomic E-state index is 4.44. The third-order valence-electron chi connectivity index (χ3n) is 2.46. The molecule has 1 heterocycles.